The first-order valence-electron chi connectivity index (χ1n) is 8.69. The summed E-state index contributed by atoms with van der Waals surface area (Å²) < 4.78 is 21.6. The van der Waals surface area contributed by atoms with Gasteiger partial charge in [-0.2, -0.15) is 10.2 Å². The van der Waals surface area contributed by atoms with E-state index >= 15 is 0 Å². The molecule has 9 nitrogen and oxygen atoms in total. The van der Waals surface area contributed by atoms with E-state index < -0.39 is 11.4 Å². The molecule has 4 aromatic rings. The number of aromatic amines is 1. The van der Waals surface area contributed by atoms with Gasteiger partial charge < -0.3 is 14.1 Å². The molecule has 0 fully saturated rings. The second-order valence-corrected chi connectivity index (χ2v) is 7.01. The van der Waals surface area contributed by atoms with Crippen LogP contribution < -0.4 is 5.56 Å². The number of aromatic nitrogens is 6. The van der Waals surface area contributed by atoms with E-state index in [9.17, 15) is 14.4 Å². The molecule has 30 heavy (non-hydrogen) atoms. The summed E-state index contributed by atoms with van der Waals surface area (Å²) in [6, 6.07) is 5.96. The highest BCUT2D eigenvalue weighted by Crippen LogP contribution is 2.28. The minimum Gasteiger partial charge on any atom is -0.337 e. The van der Waals surface area contributed by atoms with Gasteiger partial charge in [-0.15, -0.1) is 0 Å². The number of hydrogen-bond donors (Lipinski definition) is 1. The molecular formula is C19H14FN7O2S. The molecule has 0 aliphatic carbocycles. The average molecular weight is 423 g/mol. The van der Waals surface area contributed by atoms with Gasteiger partial charge in [-0.3, -0.25) is 4.79 Å². The van der Waals surface area contributed by atoms with Gasteiger partial charge in [0.1, 0.15) is 29.8 Å². The van der Waals surface area contributed by atoms with Crippen molar-refractivity contribution in [2.24, 2.45) is 0 Å². The van der Waals surface area contributed by atoms with E-state index in [1.165, 1.54) is 30.0 Å². The van der Waals surface area contributed by atoms with Gasteiger partial charge in [0.15, 0.2) is 5.16 Å². The third-order valence-corrected chi connectivity index (χ3v) is 4.96. The monoisotopic (exact) mass is 423 g/mol. The maximum absolute atomic E-state index is 14.5. The van der Waals surface area contributed by atoms with Crippen LogP contribution in [-0.2, 0) is 6.54 Å². The second-order valence-electron chi connectivity index (χ2n) is 6.22. The standard InChI is InChI=1S/C19H14FN7O2S/c1-10-22-5-6-27(10)9-15-23-17(26-29-15)12-7-11(3-4-14(12)20)16-13(8-21)18(28)25-19(24-16)30-2/h3-7H,9H2,1-2H3,(H,24,25,28). The van der Waals surface area contributed by atoms with Crippen LogP contribution in [-0.4, -0.2) is 35.9 Å². The molecule has 0 aliphatic heterocycles. The van der Waals surface area contributed by atoms with Crippen molar-refractivity contribution in [1.82, 2.24) is 29.7 Å². The summed E-state index contributed by atoms with van der Waals surface area (Å²) in [7, 11) is 0. The molecule has 150 valence electrons. The van der Waals surface area contributed by atoms with Crippen molar-refractivity contribution >= 4 is 11.8 Å². The van der Waals surface area contributed by atoms with Crippen LogP contribution >= 0.6 is 11.8 Å². The third-order valence-electron chi connectivity index (χ3n) is 4.38. The highest BCUT2D eigenvalue weighted by atomic mass is 32.2. The van der Waals surface area contributed by atoms with Crippen molar-refractivity contribution in [3.8, 4) is 28.7 Å². The normalized spacial score (nSPS) is 10.9. The first kappa shape index (κ1) is 19.5. The number of hydrogen-bond acceptors (Lipinski definition) is 8. The molecule has 0 amide bonds. The van der Waals surface area contributed by atoms with Gasteiger partial charge in [0, 0.05) is 18.0 Å². The highest BCUT2D eigenvalue weighted by Gasteiger charge is 2.18. The molecule has 11 heteroatoms. The summed E-state index contributed by atoms with van der Waals surface area (Å²) >= 11 is 1.22. The Morgan fingerprint density at radius 1 is 1.37 bits per heavy atom. The maximum Gasteiger partial charge on any atom is 0.270 e. The summed E-state index contributed by atoms with van der Waals surface area (Å²) in [5, 5.41) is 13.6. The van der Waals surface area contributed by atoms with Crippen molar-refractivity contribution in [3.05, 3.63) is 64.0 Å². The van der Waals surface area contributed by atoms with Crippen LogP contribution in [0.3, 0.4) is 0 Å². The Kier molecular flexibility index (Phi) is 5.16. The molecule has 0 atom stereocenters. The van der Waals surface area contributed by atoms with Gasteiger partial charge in [0.25, 0.3) is 5.56 Å². The van der Waals surface area contributed by atoms with E-state index in [0.29, 0.717) is 17.3 Å². The number of halogens is 1. The Morgan fingerprint density at radius 2 is 2.20 bits per heavy atom. The number of nitrogens with one attached hydrogen (secondary N) is 1. The zero-order valence-electron chi connectivity index (χ0n) is 15.9. The fourth-order valence-corrected chi connectivity index (χ4v) is 3.23. The van der Waals surface area contributed by atoms with Crippen molar-refractivity contribution in [1.29, 1.82) is 5.26 Å². The number of aryl methyl sites for hydroxylation is 1. The number of nitrogens with zero attached hydrogens (tertiary/aromatic N) is 6. The highest BCUT2D eigenvalue weighted by molar-refractivity contribution is 7.98. The smallest absolute Gasteiger partial charge is 0.270 e. The zero-order valence-corrected chi connectivity index (χ0v) is 16.7. The van der Waals surface area contributed by atoms with Crippen molar-refractivity contribution in [2.75, 3.05) is 6.26 Å². The Morgan fingerprint density at radius 3 is 2.90 bits per heavy atom. The summed E-state index contributed by atoms with van der Waals surface area (Å²) in [6.45, 7) is 2.13. The fraction of sp³-hybridized carbons (Fsp3) is 0.158. The Hall–Kier alpha value is -3.78. The number of thioether (sulfide) groups is 1. The van der Waals surface area contributed by atoms with Crippen LogP contribution in [0.15, 0.2) is 45.1 Å². The second kappa shape index (κ2) is 7.92. The van der Waals surface area contributed by atoms with Crippen LogP contribution in [0.1, 0.15) is 17.3 Å². The third kappa shape index (κ3) is 3.60. The molecule has 0 radical (unpaired) electrons. The minimum atomic E-state index is -0.571. The van der Waals surface area contributed by atoms with Gasteiger partial charge in [-0.25, -0.2) is 14.4 Å². The van der Waals surface area contributed by atoms with Gasteiger partial charge in [-0.1, -0.05) is 16.9 Å². The van der Waals surface area contributed by atoms with Crippen LogP contribution in [0.2, 0.25) is 0 Å². The summed E-state index contributed by atoms with van der Waals surface area (Å²) in [6.07, 6.45) is 5.17. The van der Waals surface area contributed by atoms with Crippen molar-refractivity contribution < 1.29 is 8.91 Å². The quantitative estimate of drug-likeness (QED) is 0.384. The predicted octanol–water partition coefficient (Wildman–Crippen LogP) is 2.77. The molecule has 0 saturated heterocycles. The number of nitriles is 1. The molecule has 0 aliphatic rings. The van der Waals surface area contributed by atoms with Gasteiger partial charge in [-0.05, 0) is 31.4 Å². The van der Waals surface area contributed by atoms with Crippen molar-refractivity contribution in [2.45, 2.75) is 18.6 Å². The number of benzene rings is 1. The molecule has 0 bridgehead atoms. The van der Waals surface area contributed by atoms with Crippen LogP contribution in [0.25, 0.3) is 22.6 Å². The van der Waals surface area contributed by atoms with Gasteiger partial charge >= 0.3 is 0 Å². The van der Waals surface area contributed by atoms with Crippen LogP contribution in [0.4, 0.5) is 4.39 Å². The number of H-pyrrole nitrogens is 1. The summed E-state index contributed by atoms with van der Waals surface area (Å²) in [5.41, 5.74) is -0.0997. The van der Waals surface area contributed by atoms with Gasteiger partial charge in [0.05, 0.1) is 11.3 Å². The first-order chi connectivity index (χ1) is 14.5. The topological polar surface area (TPSA) is 126 Å². The Bertz CT molecular complexity index is 1340. The molecule has 4 rings (SSSR count). The number of imidazole rings is 1. The van der Waals surface area contributed by atoms with E-state index in [1.807, 2.05) is 17.6 Å². The Labute approximate surface area is 173 Å². The zero-order chi connectivity index (χ0) is 21.3. The molecule has 0 spiro atoms. The Balaban J connectivity index is 1.76. The molecule has 3 heterocycles. The lowest BCUT2D eigenvalue weighted by atomic mass is 10.0. The summed E-state index contributed by atoms with van der Waals surface area (Å²) in [4.78, 5) is 27.4. The largest absolute Gasteiger partial charge is 0.337 e. The first-order valence-corrected chi connectivity index (χ1v) is 9.91. The summed E-state index contributed by atoms with van der Waals surface area (Å²) in [5.74, 6) is 0.540. The van der Waals surface area contributed by atoms with E-state index in [2.05, 4.69) is 25.1 Å². The lowest BCUT2D eigenvalue weighted by Gasteiger charge is -2.07. The van der Waals surface area contributed by atoms with E-state index in [1.54, 1.807) is 18.6 Å². The molecule has 0 saturated carbocycles. The molecular weight excluding hydrogens is 409 g/mol. The number of rotatable bonds is 5. The SMILES string of the molecule is CSc1nc(-c2ccc(F)c(-c3noc(Cn4ccnc4C)n3)c2)c(C#N)c(=O)[nH]1. The van der Waals surface area contributed by atoms with E-state index in [0.717, 1.165) is 5.82 Å². The lowest BCUT2D eigenvalue weighted by molar-refractivity contribution is 0.370. The average Bonchev–Trinajstić information content (AvgIpc) is 3.37. The van der Waals surface area contributed by atoms with E-state index in [-0.39, 0.29) is 28.5 Å². The minimum absolute atomic E-state index is 0.0514. The molecule has 0 unspecified atom stereocenters. The van der Waals surface area contributed by atoms with Gasteiger partial charge in [0.2, 0.25) is 11.7 Å². The maximum atomic E-state index is 14.5. The van der Waals surface area contributed by atoms with Crippen molar-refractivity contribution in [3.63, 3.8) is 0 Å². The molecule has 1 N–H and O–H groups in total. The molecule has 1 aromatic carbocycles. The van der Waals surface area contributed by atoms with Crippen LogP contribution in [0, 0.1) is 24.1 Å². The lowest BCUT2D eigenvalue weighted by Crippen LogP contribution is -2.14. The molecule has 3 aromatic heterocycles. The fourth-order valence-electron chi connectivity index (χ4n) is 2.85. The predicted molar refractivity (Wildman–Crippen MR) is 106 cm³/mol. The van der Waals surface area contributed by atoms with Crippen LogP contribution in [0.5, 0.6) is 0 Å². The van der Waals surface area contributed by atoms with E-state index in [4.69, 9.17) is 4.52 Å².